The number of benzene rings is 4. The number of nitrogens with zero attached hydrogens (tertiary/aromatic N) is 2. The summed E-state index contributed by atoms with van der Waals surface area (Å²) in [5, 5.41) is 19.6. The molecule has 6 nitrogen and oxygen atoms in total. The summed E-state index contributed by atoms with van der Waals surface area (Å²) in [4.78, 5) is 23.9. The van der Waals surface area contributed by atoms with Crippen LogP contribution in [0.2, 0.25) is 0 Å². The van der Waals surface area contributed by atoms with Gasteiger partial charge in [-0.3, -0.25) is 14.3 Å². The number of fused-ring (bicyclic) bond motifs is 2. The Morgan fingerprint density at radius 1 is 0.848 bits per heavy atom. The van der Waals surface area contributed by atoms with E-state index in [1.54, 1.807) is 0 Å². The third kappa shape index (κ3) is 4.32. The minimum absolute atomic E-state index is 0.118. The zero-order valence-electron chi connectivity index (χ0n) is 17.7. The van der Waals surface area contributed by atoms with Gasteiger partial charge in [0.1, 0.15) is 0 Å². The molecular formula is C27H21N3O3. The van der Waals surface area contributed by atoms with E-state index in [-0.39, 0.29) is 12.3 Å². The topological polar surface area (TPSA) is 84.2 Å². The Kier molecular flexibility index (Phi) is 5.32. The van der Waals surface area contributed by atoms with E-state index in [0.29, 0.717) is 23.5 Å². The van der Waals surface area contributed by atoms with Crippen molar-refractivity contribution in [3.63, 3.8) is 0 Å². The smallest absolute Gasteiger partial charge is 0.309 e. The van der Waals surface area contributed by atoms with Crippen LogP contribution in [-0.4, -0.2) is 26.8 Å². The molecule has 2 N–H and O–H groups in total. The van der Waals surface area contributed by atoms with E-state index < -0.39 is 5.97 Å². The number of rotatable bonds is 6. The molecule has 0 aliphatic rings. The van der Waals surface area contributed by atoms with E-state index in [1.807, 2.05) is 95.7 Å². The van der Waals surface area contributed by atoms with Crippen molar-refractivity contribution in [3.05, 3.63) is 108 Å². The summed E-state index contributed by atoms with van der Waals surface area (Å²) in [6.45, 7) is 0.499. The summed E-state index contributed by atoms with van der Waals surface area (Å²) in [6.07, 6.45) is -0.118. The molecule has 5 aromatic rings. The molecule has 5 rings (SSSR count). The van der Waals surface area contributed by atoms with E-state index >= 15 is 0 Å². The van der Waals surface area contributed by atoms with E-state index in [9.17, 15) is 14.7 Å². The van der Waals surface area contributed by atoms with Crippen LogP contribution in [0.5, 0.6) is 0 Å². The van der Waals surface area contributed by atoms with Crippen LogP contribution in [0.3, 0.4) is 0 Å². The predicted octanol–water partition coefficient (Wildman–Crippen LogP) is 5.12. The Bertz CT molecular complexity index is 1490. The van der Waals surface area contributed by atoms with E-state index in [4.69, 9.17) is 0 Å². The highest BCUT2D eigenvalue weighted by Gasteiger charge is 2.13. The normalized spacial score (nSPS) is 11.0. The summed E-state index contributed by atoms with van der Waals surface area (Å²) < 4.78 is 1.82. The van der Waals surface area contributed by atoms with Crippen molar-refractivity contribution >= 4 is 39.2 Å². The third-order valence-electron chi connectivity index (χ3n) is 5.61. The first-order valence-corrected chi connectivity index (χ1v) is 10.6. The molecule has 1 amide bonds. The average Bonchev–Trinajstić information content (AvgIpc) is 3.16. The molecule has 33 heavy (non-hydrogen) atoms. The van der Waals surface area contributed by atoms with Crippen molar-refractivity contribution in [1.29, 1.82) is 0 Å². The number of amides is 1. The maximum absolute atomic E-state index is 12.7. The van der Waals surface area contributed by atoms with Crippen LogP contribution >= 0.6 is 0 Å². The Balaban J connectivity index is 1.32. The van der Waals surface area contributed by atoms with Gasteiger partial charge in [0, 0.05) is 16.6 Å². The highest BCUT2D eigenvalue weighted by Crippen LogP contribution is 2.21. The fraction of sp³-hybridized carbons (Fsp3) is 0.0741. The van der Waals surface area contributed by atoms with Gasteiger partial charge < -0.3 is 10.4 Å². The molecule has 0 unspecified atom stereocenters. The Morgan fingerprint density at radius 2 is 1.58 bits per heavy atom. The van der Waals surface area contributed by atoms with Crippen molar-refractivity contribution < 1.29 is 14.7 Å². The SMILES string of the molecule is O=C(O)Cc1nn(Cc2ccc(NC(=O)c3ccc4ccccc4c3)cc2)c2ccccc12. The molecule has 1 heterocycles. The Morgan fingerprint density at radius 3 is 2.36 bits per heavy atom. The lowest BCUT2D eigenvalue weighted by molar-refractivity contribution is -0.136. The van der Waals surface area contributed by atoms with Crippen molar-refractivity contribution in [1.82, 2.24) is 9.78 Å². The molecule has 6 heteroatoms. The van der Waals surface area contributed by atoms with Gasteiger partial charge in [0.05, 0.1) is 24.2 Å². The predicted molar refractivity (Wildman–Crippen MR) is 129 cm³/mol. The fourth-order valence-electron chi connectivity index (χ4n) is 3.99. The molecule has 0 saturated heterocycles. The number of nitrogens with one attached hydrogen (secondary N) is 1. The molecular weight excluding hydrogens is 414 g/mol. The first-order chi connectivity index (χ1) is 16.1. The van der Waals surface area contributed by atoms with Crippen LogP contribution in [0.1, 0.15) is 21.6 Å². The van der Waals surface area contributed by atoms with Gasteiger partial charge in [0.25, 0.3) is 5.91 Å². The third-order valence-corrected chi connectivity index (χ3v) is 5.61. The lowest BCUT2D eigenvalue weighted by atomic mass is 10.1. The van der Waals surface area contributed by atoms with Crippen LogP contribution in [0.4, 0.5) is 5.69 Å². The van der Waals surface area contributed by atoms with Gasteiger partial charge in [-0.25, -0.2) is 0 Å². The minimum atomic E-state index is -0.906. The zero-order valence-corrected chi connectivity index (χ0v) is 17.7. The number of hydrogen-bond acceptors (Lipinski definition) is 3. The number of carbonyl (C=O) groups is 2. The van der Waals surface area contributed by atoms with Gasteiger partial charge in [-0.2, -0.15) is 5.10 Å². The van der Waals surface area contributed by atoms with Crippen molar-refractivity contribution in [2.24, 2.45) is 0 Å². The standard InChI is InChI=1S/C27H21N3O3/c31-26(32)16-24-23-7-3-4-8-25(23)30(29-24)17-18-9-13-22(14-10-18)28-27(33)21-12-11-19-5-1-2-6-20(19)15-21/h1-15H,16-17H2,(H,28,33)(H,31,32). The number of anilines is 1. The maximum Gasteiger partial charge on any atom is 0.309 e. The number of aliphatic carboxylic acids is 1. The summed E-state index contributed by atoms with van der Waals surface area (Å²) in [5.74, 6) is -1.07. The highest BCUT2D eigenvalue weighted by molar-refractivity contribution is 6.06. The first-order valence-electron chi connectivity index (χ1n) is 10.6. The van der Waals surface area contributed by atoms with E-state index in [0.717, 1.165) is 27.2 Å². The van der Waals surface area contributed by atoms with Crippen molar-refractivity contribution in [2.45, 2.75) is 13.0 Å². The fourth-order valence-corrected chi connectivity index (χ4v) is 3.99. The highest BCUT2D eigenvalue weighted by atomic mass is 16.4. The quantitative estimate of drug-likeness (QED) is 0.388. The van der Waals surface area contributed by atoms with Crippen molar-refractivity contribution in [3.8, 4) is 0 Å². The number of hydrogen-bond donors (Lipinski definition) is 2. The Labute approximate surface area is 190 Å². The average molecular weight is 435 g/mol. The van der Waals surface area contributed by atoms with Crippen LogP contribution in [0.25, 0.3) is 21.7 Å². The second-order valence-corrected chi connectivity index (χ2v) is 7.90. The number of para-hydroxylation sites is 1. The number of carboxylic acids is 1. The lowest BCUT2D eigenvalue weighted by Crippen LogP contribution is -2.12. The van der Waals surface area contributed by atoms with E-state index in [1.165, 1.54) is 0 Å². The van der Waals surface area contributed by atoms with Crippen LogP contribution in [-0.2, 0) is 17.8 Å². The summed E-state index contributed by atoms with van der Waals surface area (Å²) in [6, 6.07) is 28.8. The minimum Gasteiger partial charge on any atom is -0.481 e. The molecule has 0 aliphatic heterocycles. The van der Waals surface area contributed by atoms with Crippen LogP contribution in [0, 0.1) is 0 Å². The summed E-state index contributed by atoms with van der Waals surface area (Å²) in [7, 11) is 0. The maximum atomic E-state index is 12.7. The zero-order chi connectivity index (χ0) is 22.8. The summed E-state index contributed by atoms with van der Waals surface area (Å²) in [5.41, 5.74) is 3.74. The van der Waals surface area contributed by atoms with Gasteiger partial charge in [0.2, 0.25) is 0 Å². The van der Waals surface area contributed by atoms with Gasteiger partial charge in [-0.1, -0.05) is 60.7 Å². The van der Waals surface area contributed by atoms with Crippen molar-refractivity contribution in [2.75, 3.05) is 5.32 Å². The lowest BCUT2D eigenvalue weighted by Gasteiger charge is -2.08. The number of aromatic nitrogens is 2. The second-order valence-electron chi connectivity index (χ2n) is 7.90. The van der Waals surface area contributed by atoms with E-state index in [2.05, 4.69) is 10.4 Å². The molecule has 162 valence electrons. The number of carbonyl (C=O) groups excluding carboxylic acids is 1. The number of carboxylic acid groups (broad SMARTS) is 1. The molecule has 0 radical (unpaired) electrons. The molecule has 0 aliphatic carbocycles. The molecule has 1 aromatic heterocycles. The van der Waals surface area contributed by atoms with Gasteiger partial charge in [-0.05, 0) is 46.7 Å². The molecule has 0 atom stereocenters. The monoisotopic (exact) mass is 435 g/mol. The molecule has 0 bridgehead atoms. The Hall–Kier alpha value is -4.45. The van der Waals surface area contributed by atoms with Gasteiger partial charge in [-0.15, -0.1) is 0 Å². The second kappa shape index (κ2) is 8.59. The molecule has 0 spiro atoms. The van der Waals surface area contributed by atoms with Crippen LogP contribution in [0.15, 0.2) is 91.0 Å². The first kappa shape index (κ1) is 20.5. The summed E-state index contributed by atoms with van der Waals surface area (Å²) >= 11 is 0. The molecule has 0 fully saturated rings. The molecule has 0 saturated carbocycles. The van der Waals surface area contributed by atoms with Crippen LogP contribution < -0.4 is 5.32 Å². The largest absolute Gasteiger partial charge is 0.481 e. The van der Waals surface area contributed by atoms with Gasteiger partial charge in [0.15, 0.2) is 0 Å². The van der Waals surface area contributed by atoms with Gasteiger partial charge >= 0.3 is 5.97 Å². The molecule has 4 aromatic carbocycles.